The van der Waals surface area contributed by atoms with Gasteiger partial charge >= 0.3 is 0 Å². The number of alkyl halides is 1. The molecule has 6 heteroatoms. The molecule has 18 heavy (non-hydrogen) atoms. The number of hydrogen-bond acceptors (Lipinski definition) is 3. The topological polar surface area (TPSA) is 58.6 Å². The van der Waals surface area contributed by atoms with Crippen molar-refractivity contribution in [2.75, 3.05) is 19.0 Å². The van der Waals surface area contributed by atoms with Crippen LogP contribution in [0, 0.1) is 0 Å². The number of carbonyl (C=O) groups is 1. The second kappa shape index (κ2) is 7.61. The van der Waals surface area contributed by atoms with E-state index in [1.165, 1.54) is 18.2 Å². The Bertz CT molecular complexity index is 408. The number of halogens is 2. The predicted molar refractivity (Wildman–Crippen MR) is 74.7 cm³/mol. The van der Waals surface area contributed by atoms with Crippen molar-refractivity contribution in [2.45, 2.75) is 12.5 Å². The zero-order chi connectivity index (χ0) is 13.5. The minimum atomic E-state index is -0.320. The van der Waals surface area contributed by atoms with E-state index in [-0.39, 0.29) is 23.3 Å². The maximum Gasteiger partial charge on any atom is 0.253 e. The fourth-order valence-corrected chi connectivity index (χ4v) is 2.24. The van der Waals surface area contributed by atoms with E-state index >= 15 is 0 Å². The number of amides is 1. The second-order valence-electron chi connectivity index (χ2n) is 3.77. The predicted octanol–water partition coefficient (Wildman–Crippen LogP) is 2.58. The highest BCUT2D eigenvalue weighted by molar-refractivity contribution is 9.09. The number of benzene rings is 1. The largest absolute Gasteiger partial charge is 0.508 e. The Morgan fingerprint density at radius 3 is 2.94 bits per heavy atom. The first-order valence-electron chi connectivity index (χ1n) is 5.42. The molecule has 1 unspecified atom stereocenters. The van der Waals surface area contributed by atoms with E-state index in [2.05, 4.69) is 21.2 Å². The van der Waals surface area contributed by atoms with Crippen LogP contribution in [0.5, 0.6) is 5.75 Å². The summed E-state index contributed by atoms with van der Waals surface area (Å²) in [6.45, 7) is 0.424. The third-order valence-corrected chi connectivity index (χ3v) is 3.14. The van der Waals surface area contributed by atoms with Crippen molar-refractivity contribution in [2.24, 2.45) is 0 Å². The normalized spacial score (nSPS) is 12.2. The first kappa shape index (κ1) is 15.3. The van der Waals surface area contributed by atoms with Crippen molar-refractivity contribution in [3.63, 3.8) is 0 Å². The minimum Gasteiger partial charge on any atom is -0.508 e. The SMILES string of the molecule is COCC(CCBr)NC(=O)c1cc(O)ccc1Cl. The molecule has 0 aromatic heterocycles. The summed E-state index contributed by atoms with van der Waals surface area (Å²) >= 11 is 9.24. The van der Waals surface area contributed by atoms with E-state index in [4.69, 9.17) is 16.3 Å². The second-order valence-corrected chi connectivity index (χ2v) is 4.97. The van der Waals surface area contributed by atoms with Crippen molar-refractivity contribution in [3.05, 3.63) is 28.8 Å². The Hall–Kier alpha value is -0.780. The molecule has 1 amide bonds. The summed E-state index contributed by atoms with van der Waals surface area (Å²) in [7, 11) is 1.58. The number of nitrogens with one attached hydrogen (secondary N) is 1. The molecule has 1 atom stereocenters. The number of hydrogen-bond donors (Lipinski definition) is 2. The van der Waals surface area contributed by atoms with E-state index in [1.807, 2.05) is 0 Å². The Morgan fingerprint density at radius 2 is 2.33 bits per heavy atom. The summed E-state index contributed by atoms with van der Waals surface area (Å²) in [5, 5.41) is 13.2. The van der Waals surface area contributed by atoms with E-state index in [1.54, 1.807) is 7.11 Å². The van der Waals surface area contributed by atoms with Gasteiger partial charge in [0, 0.05) is 12.4 Å². The highest BCUT2D eigenvalue weighted by Crippen LogP contribution is 2.21. The Labute approximate surface area is 119 Å². The van der Waals surface area contributed by atoms with Gasteiger partial charge in [0.2, 0.25) is 0 Å². The number of carbonyl (C=O) groups excluding carboxylic acids is 1. The summed E-state index contributed by atoms with van der Waals surface area (Å²) in [6.07, 6.45) is 0.746. The zero-order valence-electron chi connectivity index (χ0n) is 9.95. The zero-order valence-corrected chi connectivity index (χ0v) is 12.3. The fourth-order valence-electron chi connectivity index (χ4n) is 1.48. The van der Waals surface area contributed by atoms with Gasteiger partial charge in [0.1, 0.15) is 5.75 Å². The molecular formula is C12H15BrClNO3. The fraction of sp³-hybridized carbons (Fsp3) is 0.417. The highest BCUT2D eigenvalue weighted by atomic mass is 79.9. The maximum absolute atomic E-state index is 12.0. The van der Waals surface area contributed by atoms with Crippen LogP contribution < -0.4 is 5.32 Å². The van der Waals surface area contributed by atoms with Crippen molar-refractivity contribution in [3.8, 4) is 5.75 Å². The van der Waals surface area contributed by atoms with Crippen LogP contribution in [0.1, 0.15) is 16.8 Å². The van der Waals surface area contributed by atoms with Gasteiger partial charge in [-0.2, -0.15) is 0 Å². The molecule has 0 aliphatic heterocycles. The standard InChI is InChI=1S/C12H15BrClNO3/c1-18-7-8(4-5-13)15-12(17)10-6-9(16)2-3-11(10)14/h2-3,6,8,16H,4-5,7H2,1H3,(H,15,17). The molecule has 0 saturated heterocycles. The number of rotatable bonds is 6. The van der Waals surface area contributed by atoms with Crippen LogP contribution in [0.25, 0.3) is 0 Å². The molecule has 0 heterocycles. The molecule has 100 valence electrons. The number of aromatic hydroxyl groups is 1. The molecule has 2 N–H and O–H groups in total. The lowest BCUT2D eigenvalue weighted by Crippen LogP contribution is -2.38. The molecule has 1 rings (SSSR count). The monoisotopic (exact) mass is 335 g/mol. The molecule has 0 saturated carbocycles. The molecule has 1 aromatic rings. The molecule has 0 spiro atoms. The molecular weight excluding hydrogens is 321 g/mol. The molecule has 4 nitrogen and oxygen atoms in total. The summed E-state index contributed by atoms with van der Waals surface area (Å²) in [5.74, 6) is -0.313. The Morgan fingerprint density at radius 1 is 1.61 bits per heavy atom. The molecule has 0 fully saturated rings. The lowest BCUT2D eigenvalue weighted by Gasteiger charge is -2.17. The van der Waals surface area contributed by atoms with Crippen LogP contribution in [0.3, 0.4) is 0 Å². The quantitative estimate of drug-likeness (QED) is 0.785. The molecule has 0 bridgehead atoms. The molecule has 1 aromatic carbocycles. The first-order chi connectivity index (χ1) is 8.58. The van der Waals surface area contributed by atoms with Gasteiger partial charge in [-0.25, -0.2) is 0 Å². The smallest absolute Gasteiger partial charge is 0.253 e. The minimum absolute atomic E-state index is 0.00772. The van der Waals surface area contributed by atoms with Crippen LogP contribution in [0.15, 0.2) is 18.2 Å². The van der Waals surface area contributed by atoms with Gasteiger partial charge < -0.3 is 15.2 Å². The third kappa shape index (κ3) is 4.48. The first-order valence-corrected chi connectivity index (χ1v) is 6.92. The van der Waals surface area contributed by atoms with Gasteiger partial charge in [-0.3, -0.25) is 4.79 Å². The Balaban J connectivity index is 2.76. The van der Waals surface area contributed by atoms with Crippen molar-refractivity contribution >= 4 is 33.4 Å². The van der Waals surface area contributed by atoms with Gasteiger partial charge in [0.15, 0.2) is 0 Å². The van der Waals surface area contributed by atoms with Crippen molar-refractivity contribution in [1.29, 1.82) is 0 Å². The van der Waals surface area contributed by atoms with Crippen molar-refractivity contribution < 1.29 is 14.6 Å². The van der Waals surface area contributed by atoms with Gasteiger partial charge in [-0.15, -0.1) is 0 Å². The van der Waals surface area contributed by atoms with Crippen LogP contribution in [-0.2, 0) is 4.74 Å². The summed E-state index contributed by atoms with van der Waals surface area (Å²) in [4.78, 5) is 12.0. The van der Waals surface area contributed by atoms with Crippen molar-refractivity contribution in [1.82, 2.24) is 5.32 Å². The van der Waals surface area contributed by atoms with Crippen LogP contribution in [-0.4, -0.2) is 36.1 Å². The summed E-state index contributed by atoms with van der Waals surface area (Å²) in [5.41, 5.74) is 0.257. The highest BCUT2D eigenvalue weighted by Gasteiger charge is 2.16. The number of methoxy groups -OCH3 is 1. The Kier molecular flexibility index (Phi) is 6.46. The van der Waals surface area contributed by atoms with Gasteiger partial charge in [0.25, 0.3) is 5.91 Å². The van der Waals surface area contributed by atoms with Crippen LogP contribution in [0.2, 0.25) is 5.02 Å². The third-order valence-electron chi connectivity index (χ3n) is 2.36. The summed E-state index contributed by atoms with van der Waals surface area (Å²) in [6, 6.07) is 4.17. The van der Waals surface area contributed by atoms with Gasteiger partial charge in [-0.1, -0.05) is 27.5 Å². The lowest BCUT2D eigenvalue weighted by atomic mass is 10.1. The van der Waals surface area contributed by atoms with Crippen LogP contribution >= 0.6 is 27.5 Å². The average molecular weight is 337 g/mol. The number of phenols is 1. The number of ether oxygens (including phenoxy) is 1. The molecule has 0 aliphatic carbocycles. The maximum atomic E-state index is 12.0. The van der Waals surface area contributed by atoms with E-state index in [9.17, 15) is 9.90 Å². The van der Waals surface area contributed by atoms with Gasteiger partial charge in [-0.05, 0) is 24.6 Å². The van der Waals surface area contributed by atoms with Crippen LogP contribution in [0.4, 0.5) is 0 Å². The van der Waals surface area contributed by atoms with Gasteiger partial charge in [0.05, 0.1) is 23.2 Å². The summed E-state index contributed by atoms with van der Waals surface area (Å²) < 4.78 is 5.03. The lowest BCUT2D eigenvalue weighted by molar-refractivity contribution is 0.0895. The number of phenolic OH excluding ortho intramolecular Hbond substituents is 1. The van der Waals surface area contributed by atoms with E-state index in [0.717, 1.165) is 11.8 Å². The van der Waals surface area contributed by atoms with E-state index in [0.29, 0.717) is 11.6 Å². The van der Waals surface area contributed by atoms with E-state index < -0.39 is 0 Å². The molecule has 0 aliphatic rings. The average Bonchev–Trinajstić information content (AvgIpc) is 2.33. The molecule has 0 radical (unpaired) electrons.